The van der Waals surface area contributed by atoms with Crippen LogP contribution in [0.5, 0.6) is 0 Å². The maximum absolute atomic E-state index is 12.2. The molecule has 1 aliphatic carbocycles. The first kappa shape index (κ1) is 15.7. The van der Waals surface area contributed by atoms with Gasteiger partial charge in [0.05, 0.1) is 22.5 Å². The summed E-state index contributed by atoms with van der Waals surface area (Å²) in [6.45, 7) is 2.93. The Morgan fingerprint density at radius 2 is 2.21 bits per heavy atom. The van der Waals surface area contributed by atoms with Gasteiger partial charge in [-0.1, -0.05) is 23.9 Å². The molecule has 24 heavy (non-hydrogen) atoms. The fraction of sp³-hybridized carbons (Fsp3) is 0.353. The van der Waals surface area contributed by atoms with E-state index in [0.29, 0.717) is 5.75 Å². The lowest BCUT2D eigenvalue weighted by Gasteiger charge is -2.05. The number of nitrogens with zero attached hydrogens (tertiary/aromatic N) is 3. The second-order valence-corrected chi connectivity index (χ2v) is 7.73. The molecule has 0 unspecified atom stereocenters. The molecule has 1 N–H and O–H groups in total. The Kier molecular flexibility index (Phi) is 4.28. The second-order valence-electron chi connectivity index (χ2n) is 5.71. The molecule has 0 aliphatic heterocycles. The predicted molar refractivity (Wildman–Crippen MR) is 98.9 cm³/mol. The highest BCUT2D eigenvalue weighted by Gasteiger charge is 2.18. The van der Waals surface area contributed by atoms with Gasteiger partial charge in [-0.15, -0.1) is 11.3 Å². The number of anilines is 1. The van der Waals surface area contributed by atoms with Crippen molar-refractivity contribution in [3.63, 3.8) is 0 Å². The van der Waals surface area contributed by atoms with Gasteiger partial charge in [-0.3, -0.25) is 4.79 Å². The molecule has 2 heterocycles. The molecule has 0 bridgehead atoms. The van der Waals surface area contributed by atoms with E-state index in [9.17, 15) is 4.79 Å². The number of fused-ring (bicyclic) bond motifs is 2. The maximum Gasteiger partial charge on any atom is 0.236 e. The van der Waals surface area contributed by atoms with Gasteiger partial charge in [0, 0.05) is 11.4 Å². The van der Waals surface area contributed by atoms with Gasteiger partial charge < -0.3 is 9.88 Å². The van der Waals surface area contributed by atoms with Crippen molar-refractivity contribution < 1.29 is 4.79 Å². The summed E-state index contributed by atoms with van der Waals surface area (Å²) in [5.74, 6) is 0.315. The minimum atomic E-state index is -0.0258. The molecule has 1 aliphatic rings. The van der Waals surface area contributed by atoms with Crippen molar-refractivity contribution in [3.8, 4) is 0 Å². The SMILES string of the molecule is CCn1c(SCC(=O)Nc2nc3c(s2)CCC3)nc2ccccc21. The number of carbonyl (C=O) groups excluding carboxylic acids is 1. The van der Waals surface area contributed by atoms with Gasteiger partial charge in [-0.2, -0.15) is 0 Å². The quantitative estimate of drug-likeness (QED) is 0.706. The lowest BCUT2D eigenvalue weighted by molar-refractivity contribution is -0.113. The number of imidazole rings is 1. The van der Waals surface area contributed by atoms with Gasteiger partial charge in [0.25, 0.3) is 0 Å². The molecule has 124 valence electrons. The van der Waals surface area contributed by atoms with E-state index in [1.807, 2.05) is 18.2 Å². The molecule has 4 rings (SSSR count). The fourth-order valence-electron chi connectivity index (χ4n) is 3.00. The topological polar surface area (TPSA) is 59.8 Å². The van der Waals surface area contributed by atoms with Crippen LogP contribution in [-0.2, 0) is 24.2 Å². The van der Waals surface area contributed by atoms with E-state index in [0.717, 1.165) is 46.4 Å². The zero-order valence-electron chi connectivity index (χ0n) is 13.4. The van der Waals surface area contributed by atoms with Crippen molar-refractivity contribution in [1.82, 2.24) is 14.5 Å². The first-order valence-electron chi connectivity index (χ1n) is 8.11. The van der Waals surface area contributed by atoms with Gasteiger partial charge in [0.1, 0.15) is 0 Å². The first-order chi connectivity index (χ1) is 11.7. The molecule has 0 saturated heterocycles. The third-order valence-electron chi connectivity index (χ3n) is 4.11. The standard InChI is InChI=1S/C17H18N4OS2/c1-2-21-13-8-4-3-6-11(13)19-17(21)23-10-15(22)20-16-18-12-7-5-9-14(12)24-16/h3-4,6,8H,2,5,7,9-10H2,1H3,(H,18,20,22). The summed E-state index contributed by atoms with van der Waals surface area (Å²) in [7, 11) is 0. The monoisotopic (exact) mass is 358 g/mol. The smallest absolute Gasteiger partial charge is 0.236 e. The zero-order chi connectivity index (χ0) is 16.5. The van der Waals surface area contributed by atoms with E-state index in [1.165, 1.54) is 23.1 Å². The van der Waals surface area contributed by atoms with E-state index >= 15 is 0 Å². The van der Waals surface area contributed by atoms with E-state index in [1.54, 1.807) is 11.3 Å². The zero-order valence-corrected chi connectivity index (χ0v) is 15.0. The van der Waals surface area contributed by atoms with Crippen LogP contribution in [0.25, 0.3) is 11.0 Å². The number of benzene rings is 1. The Labute approximate surface area is 148 Å². The predicted octanol–water partition coefficient (Wildman–Crippen LogP) is 3.73. The van der Waals surface area contributed by atoms with Gasteiger partial charge in [0.15, 0.2) is 10.3 Å². The Bertz CT molecular complexity index is 878. The number of carbonyl (C=O) groups is 1. The minimum absolute atomic E-state index is 0.0258. The van der Waals surface area contributed by atoms with Crippen LogP contribution in [0.1, 0.15) is 23.9 Å². The summed E-state index contributed by atoms with van der Waals surface area (Å²) >= 11 is 3.08. The Hall–Kier alpha value is -1.86. The highest BCUT2D eigenvalue weighted by Crippen LogP contribution is 2.30. The van der Waals surface area contributed by atoms with E-state index < -0.39 is 0 Å². The Morgan fingerprint density at radius 1 is 1.33 bits per heavy atom. The van der Waals surface area contributed by atoms with Crippen molar-refractivity contribution in [2.45, 2.75) is 37.9 Å². The lowest BCUT2D eigenvalue weighted by Crippen LogP contribution is -2.14. The molecule has 1 amide bonds. The number of amides is 1. The third-order valence-corrected chi connectivity index (χ3v) is 6.16. The van der Waals surface area contributed by atoms with Crippen LogP contribution in [-0.4, -0.2) is 26.2 Å². The summed E-state index contributed by atoms with van der Waals surface area (Å²) in [6, 6.07) is 8.06. The summed E-state index contributed by atoms with van der Waals surface area (Å²) in [4.78, 5) is 22.7. The fourth-order valence-corrected chi connectivity index (χ4v) is 4.94. The summed E-state index contributed by atoms with van der Waals surface area (Å²) in [6.07, 6.45) is 3.32. The Balaban J connectivity index is 1.43. The van der Waals surface area contributed by atoms with E-state index in [4.69, 9.17) is 0 Å². The summed E-state index contributed by atoms with van der Waals surface area (Å²) in [5.41, 5.74) is 3.24. The molecule has 3 aromatic rings. The van der Waals surface area contributed by atoms with Crippen LogP contribution in [0, 0.1) is 0 Å². The first-order valence-corrected chi connectivity index (χ1v) is 9.91. The average Bonchev–Trinajstić information content (AvgIpc) is 3.24. The van der Waals surface area contributed by atoms with Crippen LogP contribution < -0.4 is 5.32 Å². The number of aryl methyl sites for hydroxylation is 3. The van der Waals surface area contributed by atoms with Crippen molar-refractivity contribution in [1.29, 1.82) is 0 Å². The molecule has 2 aromatic heterocycles. The summed E-state index contributed by atoms with van der Waals surface area (Å²) < 4.78 is 2.14. The largest absolute Gasteiger partial charge is 0.319 e. The van der Waals surface area contributed by atoms with Crippen molar-refractivity contribution in [2.75, 3.05) is 11.1 Å². The molecule has 5 nitrogen and oxygen atoms in total. The number of nitrogens with one attached hydrogen (secondary N) is 1. The second kappa shape index (κ2) is 6.57. The molecule has 0 fully saturated rings. The molecule has 1 aromatic carbocycles. The highest BCUT2D eigenvalue weighted by molar-refractivity contribution is 7.99. The number of rotatable bonds is 5. The number of thioether (sulfide) groups is 1. The molecular weight excluding hydrogens is 340 g/mol. The van der Waals surface area contributed by atoms with E-state index in [2.05, 4.69) is 32.8 Å². The molecule has 7 heteroatoms. The van der Waals surface area contributed by atoms with Crippen LogP contribution in [0.2, 0.25) is 0 Å². The van der Waals surface area contributed by atoms with Crippen LogP contribution in [0.15, 0.2) is 29.4 Å². The molecular formula is C17H18N4OS2. The number of hydrogen-bond donors (Lipinski definition) is 1. The number of hydrogen-bond acceptors (Lipinski definition) is 5. The van der Waals surface area contributed by atoms with Crippen LogP contribution in [0.3, 0.4) is 0 Å². The number of para-hydroxylation sites is 2. The van der Waals surface area contributed by atoms with Gasteiger partial charge in [-0.05, 0) is 38.3 Å². The summed E-state index contributed by atoms with van der Waals surface area (Å²) in [5, 5.41) is 4.54. The van der Waals surface area contributed by atoms with Crippen molar-refractivity contribution in [2.24, 2.45) is 0 Å². The molecule has 0 atom stereocenters. The molecule has 0 spiro atoms. The van der Waals surface area contributed by atoms with E-state index in [-0.39, 0.29) is 5.91 Å². The van der Waals surface area contributed by atoms with Crippen molar-refractivity contribution >= 4 is 45.2 Å². The minimum Gasteiger partial charge on any atom is -0.319 e. The third kappa shape index (κ3) is 2.93. The van der Waals surface area contributed by atoms with Crippen molar-refractivity contribution in [3.05, 3.63) is 34.8 Å². The average molecular weight is 358 g/mol. The molecule has 0 saturated carbocycles. The lowest BCUT2D eigenvalue weighted by atomic mass is 10.3. The highest BCUT2D eigenvalue weighted by atomic mass is 32.2. The number of aromatic nitrogens is 3. The van der Waals surface area contributed by atoms with Gasteiger partial charge in [-0.25, -0.2) is 9.97 Å². The van der Waals surface area contributed by atoms with Crippen LogP contribution >= 0.6 is 23.1 Å². The normalized spacial score (nSPS) is 13.4. The molecule has 0 radical (unpaired) electrons. The number of thiazole rings is 1. The van der Waals surface area contributed by atoms with Gasteiger partial charge in [0.2, 0.25) is 5.91 Å². The van der Waals surface area contributed by atoms with Gasteiger partial charge >= 0.3 is 0 Å². The Morgan fingerprint density at radius 3 is 3.04 bits per heavy atom. The van der Waals surface area contributed by atoms with Crippen LogP contribution in [0.4, 0.5) is 5.13 Å². The maximum atomic E-state index is 12.2.